The minimum atomic E-state index is -1.18. The van der Waals surface area contributed by atoms with E-state index in [1.165, 1.54) is 7.11 Å². The van der Waals surface area contributed by atoms with Crippen molar-refractivity contribution in [1.82, 2.24) is 0 Å². The molecule has 1 rings (SSSR count). The van der Waals surface area contributed by atoms with Gasteiger partial charge < -0.3 is 14.6 Å². The van der Waals surface area contributed by atoms with Crippen LogP contribution >= 0.6 is 0 Å². The van der Waals surface area contributed by atoms with Gasteiger partial charge in [0.25, 0.3) is 0 Å². The summed E-state index contributed by atoms with van der Waals surface area (Å²) in [5, 5.41) is 8.83. The first-order chi connectivity index (χ1) is 5.15. The van der Waals surface area contributed by atoms with Crippen LogP contribution < -0.4 is 0 Å². The minimum Gasteiger partial charge on any atom is -0.466 e. The summed E-state index contributed by atoms with van der Waals surface area (Å²) in [7, 11) is 1.20. The lowest BCUT2D eigenvalue weighted by Gasteiger charge is -2.03. The third-order valence-corrected chi connectivity index (χ3v) is 1.43. The molecule has 5 nitrogen and oxygen atoms in total. The minimum absolute atomic E-state index is 0.00843. The number of carbonyl (C=O) groups is 2. The van der Waals surface area contributed by atoms with Crippen molar-refractivity contribution >= 4 is 11.9 Å². The van der Waals surface area contributed by atoms with Crippen molar-refractivity contribution in [2.45, 2.75) is 18.6 Å². The number of hydrogen-bond acceptors (Lipinski definition) is 5. The summed E-state index contributed by atoms with van der Waals surface area (Å²) < 4.78 is 8.77. The number of ether oxygens (including phenoxy) is 2. The lowest BCUT2D eigenvalue weighted by atomic mass is 10.2. The van der Waals surface area contributed by atoms with Crippen LogP contribution in [0, 0.1) is 0 Å². The molecule has 1 aliphatic rings. The molecule has 0 saturated carbocycles. The Hall–Kier alpha value is -1.10. The van der Waals surface area contributed by atoms with Gasteiger partial charge in [-0.2, -0.15) is 0 Å². The van der Waals surface area contributed by atoms with Crippen molar-refractivity contribution in [3.05, 3.63) is 0 Å². The Morgan fingerprint density at radius 3 is 2.82 bits per heavy atom. The van der Waals surface area contributed by atoms with Gasteiger partial charge in [-0.05, 0) is 0 Å². The van der Waals surface area contributed by atoms with E-state index in [0.717, 1.165) is 0 Å². The molecule has 1 fully saturated rings. The van der Waals surface area contributed by atoms with E-state index in [9.17, 15) is 9.59 Å². The van der Waals surface area contributed by atoms with E-state index in [1.807, 2.05) is 0 Å². The Bertz CT molecular complexity index is 187. The molecule has 2 atom stereocenters. The van der Waals surface area contributed by atoms with Crippen LogP contribution in [0.1, 0.15) is 6.42 Å². The van der Waals surface area contributed by atoms with E-state index in [4.69, 9.17) is 5.11 Å². The van der Waals surface area contributed by atoms with E-state index in [0.29, 0.717) is 0 Å². The molecule has 62 valence electrons. The average Bonchev–Trinajstić information content (AvgIpc) is 2.31. The van der Waals surface area contributed by atoms with Gasteiger partial charge in [0.05, 0.1) is 7.11 Å². The van der Waals surface area contributed by atoms with E-state index in [1.54, 1.807) is 0 Å². The number of methoxy groups -OCH3 is 1. The molecule has 0 radical (unpaired) electrons. The maximum atomic E-state index is 10.7. The monoisotopic (exact) mass is 160 g/mol. The number of hydrogen-bond donors (Lipinski definition) is 1. The molecule has 11 heavy (non-hydrogen) atoms. The fourth-order valence-electron chi connectivity index (χ4n) is 0.842. The van der Waals surface area contributed by atoms with Crippen LogP contribution in [0.15, 0.2) is 0 Å². The van der Waals surface area contributed by atoms with Gasteiger partial charge in [0.15, 0.2) is 6.10 Å². The highest BCUT2D eigenvalue weighted by Crippen LogP contribution is 2.15. The van der Waals surface area contributed by atoms with Gasteiger partial charge in [-0.25, -0.2) is 9.59 Å². The van der Waals surface area contributed by atoms with Crippen LogP contribution in [0.2, 0.25) is 0 Å². The van der Waals surface area contributed by atoms with Crippen LogP contribution in [0.3, 0.4) is 0 Å². The maximum absolute atomic E-state index is 10.7. The van der Waals surface area contributed by atoms with E-state index >= 15 is 0 Å². The van der Waals surface area contributed by atoms with Gasteiger partial charge >= 0.3 is 11.9 Å². The number of cyclic esters (lactones) is 1. The Kier molecular flexibility index (Phi) is 2.09. The molecule has 0 aliphatic carbocycles. The highest BCUT2D eigenvalue weighted by molar-refractivity contribution is 5.85. The van der Waals surface area contributed by atoms with Gasteiger partial charge in [-0.1, -0.05) is 0 Å². The molecule has 0 aromatic carbocycles. The fraction of sp³-hybridized carbons (Fsp3) is 0.667. The summed E-state index contributed by atoms with van der Waals surface area (Å²) in [6.45, 7) is 0. The quantitative estimate of drug-likeness (QED) is 0.489. The maximum Gasteiger partial charge on any atom is 0.347 e. The summed E-state index contributed by atoms with van der Waals surface area (Å²) in [6, 6.07) is 0. The normalized spacial score (nSPS) is 29.8. The lowest BCUT2D eigenvalue weighted by molar-refractivity contribution is -0.160. The smallest absolute Gasteiger partial charge is 0.347 e. The second-order valence-corrected chi connectivity index (χ2v) is 2.20. The highest BCUT2D eigenvalue weighted by Gasteiger charge is 2.37. The summed E-state index contributed by atoms with van der Waals surface area (Å²) in [4.78, 5) is 21.2. The molecule has 0 spiro atoms. The molecular formula is C6H8O5. The van der Waals surface area contributed by atoms with E-state index in [-0.39, 0.29) is 6.42 Å². The molecule has 0 amide bonds. The van der Waals surface area contributed by atoms with Crippen LogP contribution in [-0.4, -0.2) is 36.4 Å². The molecule has 1 heterocycles. The standard InChI is InChI=1S/C6H8O5/c1-10-6(9)4-2-3(7)5(8)11-4/h3-4,7H,2H2,1H3/t3-,4+/m0/s1. The molecule has 5 heteroatoms. The molecular weight excluding hydrogens is 152 g/mol. The summed E-state index contributed by atoms with van der Waals surface area (Å²) in [6.07, 6.45) is -2.12. The number of aliphatic hydroxyl groups excluding tert-OH is 1. The molecule has 1 aliphatic heterocycles. The first-order valence-electron chi connectivity index (χ1n) is 3.11. The number of aliphatic hydroxyl groups is 1. The second kappa shape index (κ2) is 2.87. The Balaban J connectivity index is 2.53. The highest BCUT2D eigenvalue weighted by atomic mass is 16.6. The van der Waals surface area contributed by atoms with Crippen molar-refractivity contribution < 1.29 is 24.2 Å². The van der Waals surface area contributed by atoms with Crippen LogP contribution in [0.4, 0.5) is 0 Å². The first-order valence-corrected chi connectivity index (χ1v) is 3.11. The van der Waals surface area contributed by atoms with E-state index in [2.05, 4.69) is 9.47 Å². The Morgan fingerprint density at radius 1 is 1.82 bits per heavy atom. The second-order valence-electron chi connectivity index (χ2n) is 2.20. The number of carbonyl (C=O) groups excluding carboxylic acids is 2. The Labute approximate surface area is 62.9 Å². The van der Waals surface area contributed by atoms with Crippen molar-refractivity contribution in [2.75, 3.05) is 7.11 Å². The predicted octanol–water partition coefficient (Wildman–Crippen LogP) is -1.16. The van der Waals surface area contributed by atoms with Crippen molar-refractivity contribution in [3.8, 4) is 0 Å². The molecule has 1 saturated heterocycles. The van der Waals surface area contributed by atoms with Crippen LogP contribution in [0.5, 0.6) is 0 Å². The fourth-order valence-corrected chi connectivity index (χ4v) is 0.842. The topological polar surface area (TPSA) is 72.8 Å². The van der Waals surface area contributed by atoms with Crippen molar-refractivity contribution in [2.24, 2.45) is 0 Å². The zero-order valence-corrected chi connectivity index (χ0v) is 5.94. The Morgan fingerprint density at radius 2 is 2.45 bits per heavy atom. The van der Waals surface area contributed by atoms with Gasteiger partial charge in [-0.3, -0.25) is 0 Å². The van der Waals surface area contributed by atoms with Crippen LogP contribution in [-0.2, 0) is 19.1 Å². The van der Waals surface area contributed by atoms with Gasteiger partial charge in [0.1, 0.15) is 0 Å². The van der Waals surface area contributed by atoms with Crippen LogP contribution in [0.25, 0.3) is 0 Å². The molecule has 0 unspecified atom stereocenters. The van der Waals surface area contributed by atoms with Gasteiger partial charge in [0, 0.05) is 6.42 Å². The van der Waals surface area contributed by atoms with Gasteiger partial charge in [0.2, 0.25) is 6.10 Å². The molecule has 0 bridgehead atoms. The molecule has 0 aromatic rings. The number of rotatable bonds is 1. The largest absolute Gasteiger partial charge is 0.466 e. The summed E-state index contributed by atoms with van der Waals surface area (Å²) >= 11 is 0. The SMILES string of the molecule is COC(=O)[C@H]1C[C@H](O)C(=O)O1. The molecule has 0 aromatic heterocycles. The van der Waals surface area contributed by atoms with Gasteiger partial charge in [-0.15, -0.1) is 0 Å². The zero-order chi connectivity index (χ0) is 8.43. The van der Waals surface area contributed by atoms with Crippen molar-refractivity contribution in [3.63, 3.8) is 0 Å². The summed E-state index contributed by atoms with van der Waals surface area (Å²) in [5.41, 5.74) is 0. The lowest BCUT2D eigenvalue weighted by Crippen LogP contribution is -2.21. The number of esters is 2. The third kappa shape index (κ3) is 1.48. The first kappa shape index (κ1) is 8.00. The summed E-state index contributed by atoms with van der Waals surface area (Å²) in [5.74, 6) is -1.39. The van der Waals surface area contributed by atoms with E-state index < -0.39 is 24.1 Å². The predicted molar refractivity (Wildman–Crippen MR) is 32.5 cm³/mol. The molecule has 1 N–H and O–H groups in total. The third-order valence-electron chi connectivity index (χ3n) is 1.43. The van der Waals surface area contributed by atoms with Crippen molar-refractivity contribution in [1.29, 1.82) is 0 Å². The zero-order valence-electron chi connectivity index (χ0n) is 5.94. The average molecular weight is 160 g/mol.